The van der Waals surface area contributed by atoms with Crippen LogP contribution in [0.15, 0.2) is 0 Å². The van der Waals surface area contributed by atoms with Gasteiger partial charge in [0.25, 0.3) is 0 Å². The monoisotopic (exact) mass is 350 g/mol. The minimum Gasteiger partial charge on any atom is -0.354 e. The van der Waals surface area contributed by atoms with Crippen molar-refractivity contribution in [1.82, 2.24) is 15.4 Å². The molecule has 10 heteroatoms. The summed E-state index contributed by atoms with van der Waals surface area (Å²) in [5, 5.41) is 4.99. The molecule has 0 aliphatic carbocycles. The van der Waals surface area contributed by atoms with E-state index in [1.54, 1.807) is 0 Å². The van der Waals surface area contributed by atoms with Gasteiger partial charge in [-0.05, 0) is 13.3 Å². The first-order valence-corrected chi connectivity index (χ1v) is 8.53. The Kier molecular flexibility index (Phi) is 12.3. The molecule has 0 saturated heterocycles. The van der Waals surface area contributed by atoms with E-state index in [1.165, 1.54) is 6.92 Å². The zero-order valence-corrected chi connectivity index (χ0v) is 14.4. The maximum atomic E-state index is 11.6. The first-order valence-electron chi connectivity index (χ1n) is 7.45. The highest BCUT2D eigenvalue weighted by Gasteiger charge is 2.18. The average molecular weight is 350 g/mol. The largest absolute Gasteiger partial charge is 0.354 e. The molecule has 0 aromatic rings. The third-order valence-corrected chi connectivity index (χ3v) is 3.64. The Morgan fingerprint density at radius 3 is 2.48 bits per heavy atom. The maximum Gasteiger partial charge on any atom is 0.235 e. The van der Waals surface area contributed by atoms with E-state index in [0.29, 0.717) is 6.61 Å². The molecule has 0 bridgehead atoms. The summed E-state index contributed by atoms with van der Waals surface area (Å²) in [5.74, 6) is -0.956. The lowest BCUT2D eigenvalue weighted by Gasteiger charge is -2.15. The van der Waals surface area contributed by atoms with E-state index in [4.69, 9.17) is 9.92 Å². The van der Waals surface area contributed by atoms with Gasteiger partial charge in [0, 0.05) is 19.5 Å². The molecule has 0 heterocycles. The smallest absolute Gasteiger partial charge is 0.235 e. The summed E-state index contributed by atoms with van der Waals surface area (Å²) in [5.41, 5.74) is 5.11. The van der Waals surface area contributed by atoms with Crippen molar-refractivity contribution < 1.29 is 22.8 Å². The summed E-state index contributed by atoms with van der Waals surface area (Å²) in [6.07, 6.45) is 1.74. The third kappa shape index (κ3) is 11.8. The van der Waals surface area contributed by atoms with Crippen LogP contribution in [0.2, 0.25) is 0 Å². The van der Waals surface area contributed by atoms with E-state index in [0.717, 1.165) is 12.8 Å². The van der Waals surface area contributed by atoms with Crippen LogP contribution in [0.3, 0.4) is 0 Å². The minimum absolute atomic E-state index is 0.0120. The van der Waals surface area contributed by atoms with Gasteiger partial charge < -0.3 is 16.4 Å². The highest BCUT2D eigenvalue weighted by atomic mass is 32.2. The van der Waals surface area contributed by atoms with Gasteiger partial charge in [-0.3, -0.25) is 18.6 Å². The number of Topliss-reactive ketones (excluding diaryl/α,β-unsaturated/α-hetero) is 1. The fraction of sp³-hybridized carbons (Fsp3) is 0.769. The van der Waals surface area contributed by atoms with Crippen LogP contribution in [0.5, 0.6) is 0 Å². The van der Waals surface area contributed by atoms with E-state index in [9.17, 15) is 18.6 Å². The fourth-order valence-electron chi connectivity index (χ4n) is 1.39. The lowest BCUT2D eigenvalue weighted by atomic mass is 10.2. The topological polar surface area (TPSA) is 140 Å². The highest BCUT2D eigenvalue weighted by Crippen LogP contribution is 1.93. The average Bonchev–Trinajstić information content (AvgIpc) is 2.51. The summed E-state index contributed by atoms with van der Waals surface area (Å²) in [6.45, 7) is 3.64. The minimum atomic E-state index is -1.79. The number of hydrogen-bond donors (Lipinski definition) is 4. The van der Waals surface area contributed by atoms with Crippen molar-refractivity contribution in [2.24, 2.45) is 5.73 Å². The van der Waals surface area contributed by atoms with Gasteiger partial charge in [-0.25, -0.2) is 8.93 Å². The highest BCUT2D eigenvalue weighted by molar-refractivity contribution is 7.78. The summed E-state index contributed by atoms with van der Waals surface area (Å²) in [6, 6.07) is -0.806. The molecule has 0 saturated carbocycles. The molecular weight excluding hydrogens is 324 g/mol. The Balaban J connectivity index is 4.08. The molecule has 134 valence electrons. The number of nitrogens with one attached hydrogen (secondary N) is 3. The first-order chi connectivity index (χ1) is 10.9. The van der Waals surface area contributed by atoms with Crippen molar-refractivity contribution in [3.63, 3.8) is 0 Å². The predicted octanol–water partition coefficient (Wildman–Crippen LogP) is -1.49. The number of carbonyl (C=O) groups excluding carboxylic acids is 3. The number of rotatable bonds is 13. The standard InChI is InChI=1S/C13H26N4O5S/c1-3-4-7-22-23(21)17-11(10(2)18)9-16-12(19)5-6-15-13(20)8-14/h11,17H,3-9,14H2,1-2H3,(H,15,20)(H,16,19). The van der Waals surface area contributed by atoms with Gasteiger partial charge in [0.2, 0.25) is 23.1 Å². The quantitative estimate of drug-likeness (QED) is 0.298. The van der Waals surface area contributed by atoms with Crippen LogP contribution < -0.4 is 21.1 Å². The lowest BCUT2D eigenvalue weighted by Crippen LogP contribution is -2.46. The molecule has 0 aliphatic rings. The van der Waals surface area contributed by atoms with Crippen LogP contribution in [0, 0.1) is 0 Å². The Morgan fingerprint density at radius 1 is 1.22 bits per heavy atom. The van der Waals surface area contributed by atoms with Crippen molar-refractivity contribution in [3.05, 3.63) is 0 Å². The van der Waals surface area contributed by atoms with Gasteiger partial charge in [-0.15, -0.1) is 0 Å². The van der Waals surface area contributed by atoms with Gasteiger partial charge in [0.05, 0.1) is 19.2 Å². The third-order valence-electron chi connectivity index (χ3n) is 2.78. The van der Waals surface area contributed by atoms with Crippen LogP contribution in [-0.4, -0.2) is 54.1 Å². The zero-order valence-electron chi connectivity index (χ0n) is 13.6. The van der Waals surface area contributed by atoms with E-state index < -0.39 is 17.3 Å². The molecule has 0 aliphatic heterocycles. The van der Waals surface area contributed by atoms with Gasteiger partial charge in [-0.2, -0.15) is 0 Å². The van der Waals surface area contributed by atoms with Crippen LogP contribution in [0.25, 0.3) is 0 Å². The number of hydrogen-bond acceptors (Lipinski definition) is 6. The second kappa shape index (κ2) is 13.1. The molecule has 0 spiro atoms. The first kappa shape index (κ1) is 21.6. The lowest BCUT2D eigenvalue weighted by molar-refractivity contribution is -0.122. The number of ketones is 1. The molecule has 5 N–H and O–H groups in total. The fourth-order valence-corrected chi connectivity index (χ4v) is 2.21. The summed E-state index contributed by atoms with van der Waals surface area (Å²) < 4.78 is 19.1. The van der Waals surface area contributed by atoms with Crippen LogP contribution >= 0.6 is 0 Å². The second-order valence-corrected chi connectivity index (χ2v) is 5.74. The summed E-state index contributed by atoms with van der Waals surface area (Å²) >= 11 is -1.79. The molecule has 0 aromatic heterocycles. The maximum absolute atomic E-state index is 11.6. The van der Waals surface area contributed by atoms with Crippen LogP contribution in [0.4, 0.5) is 0 Å². The number of nitrogens with two attached hydrogens (primary N) is 1. The van der Waals surface area contributed by atoms with Gasteiger partial charge in [0.15, 0.2) is 0 Å². The van der Waals surface area contributed by atoms with E-state index in [2.05, 4.69) is 15.4 Å². The predicted molar refractivity (Wildman–Crippen MR) is 86.3 cm³/mol. The molecule has 0 rings (SSSR count). The van der Waals surface area contributed by atoms with Crippen molar-refractivity contribution in [2.45, 2.75) is 39.2 Å². The van der Waals surface area contributed by atoms with Crippen molar-refractivity contribution in [3.8, 4) is 0 Å². The molecule has 23 heavy (non-hydrogen) atoms. The Labute approximate surface area is 138 Å². The molecule has 0 fully saturated rings. The summed E-state index contributed by atoms with van der Waals surface area (Å²) in [4.78, 5) is 34.0. The number of unbranched alkanes of at least 4 members (excludes halogenated alkanes) is 1. The zero-order chi connectivity index (χ0) is 17.7. The molecule has 2 unspecified atom stereocenters. The van der Waals surface area contributed by atoms with Crippen molar-refractivity contribution in [1.29, 1.82) is 0 Å². The molecule has 0 radical (unpaired) electrons. The van der Waals surface area contributed by atoms with Crippen LogP contribution in [0.1, 0.15) is 33.1 Å². The van der Waals surface area contributed by atoms with Gasteiger partial charge in [-0.1, -0.05) is 13.3 Å². The Morgan fingerprint density at radius 2 is 1.91 bits per heavy atom. The van der Waals surface area contributed by atoms with Gasteiger partial charge >= 0.3 is 0 Å². The second-order valence-electron chi connectivity index (χ2n) is 4.80. The molecule has 9 nitrogen and oxygen atoms in total. The SMILES string of the molecule is CCCCOS(=O)NC(CNC(=O)CCNC(=O)CN)C(C)=O. The molecule has 0 aromatic carbocycles. The Bertz CT molecular complexity index is 419. The van der Waals surface area contributed by atoms with E-state index in [1.807, 2.05) is 6.92 Å². The normalized spacial score (nSPS) is 13.2. The van der Waals surface area contributed by atoms with Crippen molar-refractivity contribution >= 4 is 28.9 Å². The molecule has 2 amide bonds. The molecule has 2 atom stereocenters. The van der Waals surface area contributed by atoms with Crippen LogP contribution in [-0.2, 0) is 29.8 Å². The Hall–Kier alpha value is -1.36. The number of amides is 2. The van der Waals surface area contributed by atoms with E-state index in [-0.39, 0.29) is 43.7 Å². The molecular formula is C13H26N4O5S. The van der Waals surface area contributed by atoms with Crippen molar-refractivity contribution in [2.75, 3.05) is 26.2 Å². The van der Waals surface area contributed by atoms with Gasteiger partial charge in [0.1, 0.15) is 5.78 Å². The summed E-state index contributed by atoms with van der Waals surface area (Å²) in [7, 11) is 0. The van der Waals surface area contributed by atoms with E-state index >= 15 is 0 Å². The number of carbonyl (C=O) groups is 3.